The molecule has 35 heavy (non-hydrogen) atoms. The van der Waals surface area contributed by atoms with Gasteiger partial charge in [-0.05, 0) is 36.8 Å². The summed E-state index contributed by atoms with van der Waals surface area (Å²) in [6.45, 7) is 1.84. The average molecular weight is 524 g/mol. The van der Waals surface area contributed by atoms with Crippen LogP contribution in [-0.2, 0) is 23.0 Å². The predicted octanol–water partition coefficient (Wildman–Crippen LogP) is 7.03. The summed E-state index contributed by atoms with van der Waals surface area (Å²) in [6.07, 6.45) is 0.857. The number of nitrogens with zero attached hydrogens (tertiary/aromatic N) is 2. The number of fused-ring (bicyclic) bond motifs is 1. The van der Waals surface area contributed by atoms with Gasteiger partial charge in [-0.15, -0.1) is 34.0 Å². The third-order valence-corrected chi connectivity index (χ3v) is 9.02. The molecule has 2 N–H and O–H groups in total. The Morgan fingerprint density at radius 3 is 2.49 bits per heavy atom. The number of nitrogens with one attached hydrogen (secondary N) is 1. The van der Waals surface area contributed by atoms with Crippen molar-refractivity contribution in [1.82, 2.24) is 9.78 Å². The first-order valence-electron chi connectivity index (χ1n) is 10.8. The third kappa shape index (κ3) is 5.00. The van der Waals surface area contributed by atoms with Gasteiger partial charge in [0.25, 0.3) is 0 Å². The normalized spacial score (nSPS) is 12.1. The van der Waals surface area contributed by atoms with Crippen LogP contribution in [0.3, 0.4) is 0 Å². The summed E-state index contributed by atoms with van der Waals surface area (Å²) in [5, 5.41) is 16.2. The summed E-state index contributed by atoms with van der Waals surface area (Å²) in [4.78, 5) is 27.6. The van der Waals surface area contributed by atoms with Crippen molar-refractivity contribution in [1.29, 1.82) is 0 Å². The number of hydrogen-bond acceptors (Lipinski definition) is 7. The van der Waals surface area contributed by atoms with E-state index in [0.717, 1.165) is 40.0 Å². The number of aromatic nitrogens is 2. The van der Waals surface area contributed by atoms with Crippen LogP contribution in [0.25, 0.3) is 29.6 Å². The predicted molar refractivity (Wildman–Crippen MR) is 142 cm³/mol. The number of carboxylic acid groups (broad SMARTS) is 1. The summed E-state index contributed by atoms with van der Waals surface area (Å²) >= 11 is 4.80. The van der Waals surface area contributed by atoms with Crippen molar-refractivity contribution in [3.63, 3.8) is 0 Å². The van der Waals surface area contributed by atoms with Gasteiger partial charge in [0.15, 0.2) is 0 Å². The van der Waals surface area contributed by atoms with Crippen molar-refractivity contribution in [2.45, 2.75) is 19.4 Å². The lowest BCUT2D eigenvalue weighted by atomic mass is 10.1. The highest BCUT2D eigenvalue weighted by molar-refractivity contribution is 7.32. The highest BCUT2D eigenvalue weighted by Gasteiger charge is 2.19. The zero-order valence-electron chi connectivity index (χ0n) is 18.8. The van der Waals surface area contributed by atoms with E-state index in [9.17, 15) is 9.59 Å². The van der Waals surface area contributed by atoms with Crippen molar-refractivity contribution in [3.8, 4) is 20.2 Å². The Morgan fingerprint density at radius 2 is 1.74 bits per heavy atom. The minimum absolute atomic E-state index is 0.0396. The van der Waals surface area contributed by atoms with Crippen molar-refractivity contribution < 1.29 is 19.4 Å². The fraction of sp³-hybridized carbons (Fsp3) is 0.160. The Balaban J connectivity index is 1.34. The van der Waals surface area contributed by atoms with Gasteiger partial charge in [-0.25, -0.2) is 4.79 Å². The lowest BCUT2D eigenvalue weighted by Gasteiger charge is -2.14. The number of carboxylic acids is 1. The van der Waals surface area contributed by atoms with Crippen molar-refractivity contribution in [3.05, 3.63) is 71.2 Å². The molecule has 0 aliphatic carbocycles. The smallest absolute Gasteiger partial charge is 0.413 e. The fourth-order valence-corrected chi connectivity index (χ4v) is 7.18. The van der Waals surface area contributed by atoms with Gasteiger partial charge in [-0.2, -0.15) is 5.10 Å². The summed E-state index contributed by atoms with van der Waals surface area (Å²) in [7, 11) is 1.78. The van der Waals surface area contributed by atoms with Gasteiger partial charge in [-0.3, -0.25) is 14.8 Å². The first-order valence-corrected chi connectivity index (χ1v) is 13.2. The maximum absolute atomic E-state index is 12.6. The number of aliphatic carboxylic acids is 1. The molecule has 0 saturated heterocycles. The van der Waals surface area contributed by atoms with E-state index in [4.69, 9.17) is 9.84 Å². The van der Waals surface area contributed by atoms with E-state index in [1.165, 1.54) is 11.3 Å². The molecule has 10 heteroatoms. The Hall–Kier alpha value is -3.47. The molecule has 5 aromatic rings. The van der Waals surface area contributed by atoms with Gasteiger partial charge in [0.1, 0.15) is 11.9 Å². The van der Waals surface area contributed by atoms with Crippen LogP contribution in [0.2, 0.25) is 0 Å². The first-order chi connectivity index (χ1) is 16.9. The fourth-order valence-electron chi connectivity index (χ4n) is 3.69. The number of thiophene rings is 3. The number of benzene rings is 1. The monoisotopic (exact) mass is 523 g/mol. The molecule has 0 bridgehead atoms. The minimum atomic E-state index is -0.825. The minimum Gasteiger partial charge on any atom is -0.481 e. The number of carbonyl (C=O) groups excluding carboxylic acids is 1. The summed E-state index contributed by atoms with van der Waals surface area (Å²) in [5.74, 6) is -0.254. The number of amides is 1. The molecular weight excluding hydrogens is 502 g/mol. The lowest BCUT2D eigenvalue weighted by molar-refractivity contribution is -0.136. The Bertz CT molecular complexity index is 1480. The van der Waals surface area contributed by atoms with Gasteiger partial charge >= 0.3 is 12.1 Å². The highest BCUT2D eigenvalue weighted by atomic mass is 32.1. The van der Waals surface area contributed by atoms with Gasteiger partial charge in [-0.1, -0.05) is 30.3 Å². The molecule has 0 radical (unpaired) electrons. The molecule has 1 amide bonds. The van der Waals surface area contributed by atoms with E-state index in [0.29, 0.717) is 5.82 Å². The third-order valence-electron chi connectivity index (χ3n) is 5.41. The molecule has 4 aromatic heterocycles. The number of aryl methyl sites for hydroxylation is 1. The Kier molecular flexibility index (Phi) is 6.42. The number of carbonyl (C=O) groups is 2. The quantitative estimate of drug-likeness (QED) is 0.239. The molecule has 0 unspecified atom stereocenters. The van der Waals surface area contributed by atoms with E-state index < -0.39 is 12.1 Å². The largest absolute Gasteiger partial charge is 0.481 e. The van der Waals surface area contributed by atoms with Gasteiger partial charge in [0.2, 0.25) is 0 Å². The molecule has 4 heterocycles. The van der Waals surface area contributed by atoms with Crippen LogP contribution in [0, 0.1) is 0 Å². The topological polar surface area (TPSA) is 93.4 Å². The summed E-state index contributed by atoms with van der Waals surface area (Å²) in [6, 6.07) is 17.7. The zero-order valence-corrected chi connectivity index (χ0v) is 21.3. The molecular formula is C25H21N3O4S3. The Labute approximate surface area is 213 Å². The van der Waals surface area contributed by atoms with Gasteiger partial charge in [0, 0.05) is 36.0 Å². The van der Waals surface area contributed by atoms with Crippen LogP contribution in [0.1, 0.15) is 23.5 Å². The molecule has 178 valence electrons. The van der Waals surface area contributed by atoms with Gasteiger partial charge in [0.05, 0.1) is 18.2 Å². The second kappa shape index (κ2) is 9.65. The van der Waals surface area contributed by atoms with E-state index in [2.05, 4.69) is 22.5 Å². The lowest BCUT2D eigenvalue weighted by Crippen LogP contribution is -2.18. The van der Waals surface area contributed by atoms with Crippen LogP contribution in [-0.4, -0.2) is 26.9 Å². The highest BCUT2D eigenvalue weighted by Crippen LogP contribution is 2.44. The molecule has 0 aliphatic heterocycles. The average Bonchev–Trinajstić information content (AvgIpc) is 3.58. The van der Waals surface area contributed by atoms with Crippen molar-refractivity contribution in [2.75, 3.05) is 5.32 Å². The first kappa shape index (κ1) is 23.3. The molecule has 1 aromatic carbocycles. The second-order valence-corrected chi connectivity index (χ2v) is 11.2. The SMILES string of the molecule is C[C@@H](OC(=O)Nc1c(-c2cc3sc(-c4ccc(CC(=O)O)s4)cc3s2)cnn1C)c1ccccc1. The van der Waals surface area contributed by atoms with Crippen LogP contribution in [0.15, 0.2) is 60.8 Å². The summed E-state index contributed by atoms with van der Waals surface area (Å²) < 4.78 is 9.45. The van der Waals surface area contributed by atoms with Crippen LogP contribution in [0.5, 0.6) is 0 Å². The molecule has 0 spiro atoms. The molecule has 0 fully saturated rings. The zero-order chi connectivity index (χ0) is 24.5. The second-order valence-electron chi connectivity index (χ2n) is 7.90. The van der Waals surface area contributed by atoms with Crippen LogP contribution >= 0.6 is 34.0 Å². The van der Waals surface area contributed by atoms with Crippen molar-refractivity contribution in [2.24, 2.45) is 7.05 Å². The maximum atomic E-state index is 12.6. The summed E-state index contributed by atoms with van der Waals surface area (Å²) in [5.41, 5.74) is 1.75. The van der Waals surface area contributed by atoms with Crippen molar-refractivity contribution >= 4 is 61.3 Å². The molecule has 7 nitrogen and oxygen atoms in total. The maximum Gasteiger partial charge on any atom is 0.413 e. The Morgan fingerprint density at radius 1 is 1.03 bits per heavy atom. The number of hydrogen-bond donors (Lipinski definition) is 2. The molecule has 0 aliphatic rings. The van der Waals surface area contributed by atoms with E-state index in [1.54, 1.807) is 40.6 Å². The van der Waals surface area contributed by atoms with E-state index in [1.807, 2.05) is 49.4 Å². The van der Waals surface area contributed by atoms with Gasteiger partial charge < -0.3 is 9.84 Å². The van der Waals surface area contributed by atoms with Crippen LogP contribution < -0.4 is 5.32 Å². The molecule has 5 rings (SSSR count). The van der Waals surface area contributed by atoms with E-state index >= 15 is 0 Å². The van der Waals surface area contributed by atoms with E-state index in [-0.39, 0.29) is 12.5 Å². The molecule has 0 saturated carbocycles. The standard InChI is InChI=1S/C25H21N3O4S3/c1-14(15-6-4-3-5-7-15)32-25(31)27-24-17(13-26-28(24)2)19-11-21-22(34-19)12-20(35-21)18-9-8-16(33-18)10-23(29)30/h3-9,11-14H,10H2,1-2H3,(H,27,31)(H,29,30)/t14-/m1/s1. The van der Waals surface area contributed by atoms with Crippen LogP contribution in [0.4, 0.5) is 10.6 Å². The number of anilines is 1. The number of rotatable bonds is 7. The molecule has 1 atom stereocenters. The number of ether oxygens (including phenoxy) is 1.